The van der Waals surface area contributed by atoms with Gasteiger partial charge in [-0.25, -0.2) is 0 Å². The molecule has 0 aromatic rings. The molecular weight excluding hydrogens is 272 g/mol. The Morgan fingerprint density at radius 3 is 1.55 bits per heavy atom. The average molecular weight is 315 g/mol. The summed E-state index contributed by atoms with van der Waals surface area (Å²) in [5.41, 5.74) is 0.304. The molecule has 0 atom stereocenters. The van der Waals surface area contributed by atoms with E-state index in [0.29, 0.717) is 5.41 Å². The van der Waals surface area contributed by atoms with Crippen molar-refractivity contribution >= 4 is 0 Å². The first-order valence-corrected chi connectivity index (χ1v) is 9.57. The van der Waals surface area contributed by atoms with Crippen molar-refractivity contribution in [2.24, 2.45) is 11.3 Å². The van der Waals surface area contributed by atoms with Crippen molar-refractivity contribution in [2.45, 2.75) is 92.4 Å². The molecule has 0 aliphatic rings. The third-order valence-corrected chi connectivity index (χ3v) is 3.70. The van der Waals surface area contributed by atoms with Gasteiger partial charge in [-0.15, -0.1) is 0 Å². The highest BCUT2D eigenvalue weighted by Gasteiger charge is 2.09. The van der Waals surface area contributed by atoms with Crippen molar-refractivity contribution < 1.29 is 9.47 Å². The summed E-state index contributed by atoms with van der Waals surface area (Å²) in [6.45, 7) is 14.9. The molecule has 0 aromatic carbocycles. The minimum Gasteiger partial charge on any atom is -0.381 e. The zero-order valence-electron chi connectivity index (χ0n) is 16.1. The lowest BCUT2D eigenvalue weighted by Crippen LogP contribution is -2.14. The molecule has 0 aromatic heterocycles. The third-order valence-electron chi connectivity index (χ3n) is 3.70. The summed E-state index contributed by atoms with van der Waals surface area (Å²) in [5, 5.41) is 0. The predicted molar refractivity (Wildman–Crippen MR) is 97.5 cm³/mol. The fourth-order valence-corrected chi connectivity index (χ4v) is 2.27. The van der Waals surface area contributed by atoms with Gasteiger partial charge in [0.05, 0.1) is 6.61 Å². The number of hydrogen-bond donors (Lipinski definition) is 0. The van der Waals surface area contributed by atoms with E-state index in [9.17, 15) is 0 Å². The molecule has 0 fully saturated rings. The van der Waals surface area contributed by atoms with E-state index in [4.69, 9.17) is 9.47 Å². The number of rotatable bonds is 15. The van der Waals surface area contributed by atoms with Gasteiger partial charge in [-0.3, -0.25) is 0 Å². The molecule has 0 aliphatic heterocycles. The lowest BCUT2D eigenvalue weighted by atomic mass is 9.99. The molecule has 2 nitrogen and oxygen atoms in total. The monoisotopic (exact) mass is 314 g/mol. The largest absolute Gasteiger partial charge is 0.381 e. The van der Waals surface area contributed by atoms with Crippen LogP contribution in [0.2, 0.25) is 0 Å². The third kappa shape index (κ3) is 19.9. The van der Waals surface area contributed by atoms with Crippen LogP contribution < -0.4 is 0 Å². The van der Waals surface area contributed by atoms with Gasteiger partial charge in [-0.2, -0.15) is 0 Å². The Morgan fingerprint density at radius 2 is 1.09 bits per heavy atom. The fourth-order valence-electron chi connectivity index (χ4n) is 2.27. The molecule has 0 radical (unpaired) electrons. The van der Waals surface area contributed by atoms with E-state index >= 15 is 0 Å². The second-order valence-electron chi connectivity index (χ2n) is 8.24. The van der Waals surface area contributed by atoms with E-state index in [0.717, 1.165) is 32.3 Å². The van der Waals surface area contributed by atoms with Crippen molar-refractivity contribution in [1.82, 2.24) is 0 Å². The van der Waals surface area contributed by atoms with Crippen LogP contribution >= 0.6 is 0 Å². The quantitative estimate of drug-likeness (QED) is 0.333. The molecule has 0 N–H and O–H groups in total. The zero-order valence-corrected chi connectivity index (χ0v) is 16.1. The van der Waals surface area contributed by atoms with E-state index in [1.54, 1.807) is 0 Å². The van der Waals surface area contributed by atoms with Crippen LogP contribution in [0.3, 0.4) is 0 Å². The van der Waals surface area contributed by atoms with Crippen molar-refractivity contribution in [2.75, 3.05) is 26.4 Å². The van der Waals surface area contributed by atoms with Gasteiger partial charge in [0.25, 0.3) is 0 Å². The fraction of sp³-hybridized carbons (Fsp3) is 1.00. The van der Waals surface area contributed by atoms with E-state index in [-0.39, 0.29) is 0 Å². The predicted octanol–water partition coefficient (Wildman–Crippen LogP) is 6.23. The first-order chi connectivity index (χ1) is 10.4. The molecule has 22 heavy (non-hydrogen) atoms. The first-order valence-electron chi connectivity index (χ1n) is 9.57. The number of hydrogen-bond acceptors (Lipinski definition) is 2. The summed E-state index contributed by atoms with van der Waals surface area (Å²) in [6, 6.07) is 0. The highest BCUT2D eigenvalue weighted by molar-refractivity contribution is 4.58. The van der Waals surface area contributed by atoms with Gasteiger partial charge in [-0.05, 0) is 30.6 Å². The van der Waals surface area contributed by atoms with Gasteiger partial charge in [-0.1, -0.05) is 73.1 Å². The van der Waals surface area contributed by atoms with Crippen LogP contribution in [-0.2, 0) is 9.47 Å². The van der Waals surface area contributed by atoms with Crippen LogP contribution in [0.15, 0.2) is 0 Å². The van der Waals surface area contributed by atoms with Gasteiger partial charge in [0.15, 0.2) is 0 Å². The summed E-state index contributed by atoms with van der Waals surface area (Å²) in [7, 11) is 0. The molecule has 0 heterocycles. The van der Waals surface area contributed by atoms with E-state index < -0.39 is 0 Å². The Hall–Kier alpha value is -0.0800. The molecule has 0 amide bonds. The van der Waals surface area contributed by atoms with Crippen LogP contribution in [0.25, 0.3) is 0 Å². The Kier molecular flexibility index (Phi) is 14.5. The normalized spacial score (nSPS) is 12.3. The standard InChI is InChI=1S/C20H42O2/c1-19(2)14-17-21-15-12-10-8-6-7-9-11-13-16-22-18-20(3,4)5/h19H,6-18H2,1-5H3. The van der Waals surface area contributed by atoms with E-state index in [2.05, 4.69) is 34.6 Å². The Bertz CT molecular complexity index is 218. The lowest BCUT2D eigenvalue weighted by molar-refractivity contribution is 0.0686. The van der Waals surface area contributed by atoms with Crippen molar-refractivity contribution in [3.8, 4) is 0 Å². The van der Waals surface area contributed by atoms with Crippen LogP contribution in [0.1, 0.15) is 92.4 Å². The summed E-state index contributed by atoms with van der Waals surface area (Å²) < 4.78 is 11.3. The lowest BCUT2D eigenvalue weighted by Gasteiger charge is -2.17. The average Bonchev–Trinajstić information content (AvgIpc) is 2.41. The SMILES string of the molecule is CC(C)CCOCCCCCCCCCCOCC(C)(C)C. The second-order valence-corrected chi connectivity index (χ2v) is 8.24. The highest BCUT2D eigenvalue weighted by Crippen LogP contribution is 2.13. The Labute approximate surface area is 140 Å². The topological polar surface area (TPSA) is 18.5 Å². The molecule has 0 unspecified atom stereocenters. The first kappa shape index (κ1) is 21.9. The van der Waals surface area contributed by atoms with Gasteiger partial charge in [0.1, 0.15) is 0 Å². The smallest absolute Gasteiger partial charge is 0.0514 e. The van der Waals surface area contributed by atoms with E-state index in [1.807, 2.05) is 0 Å². The summed E-state index contributed by atoms with van der Waals surface area (Å²) in [4.78, 5) is 0. The van der Waals surface area contributed by atoms with Crippen LogP contribution in [-0.4, -0.2) is 26.4 Å². The molecule has 0 saturated carbocycles. The Balaban J connectivity index is 3.03. The summed E-state index contributed by atoms with van der Waals surface area (Å²) >= 11 is 0. The Morgan fingerprint density at radius 1 is 0.636 bits per heavy atom. The second kappa shape index (κ2) is 14.5. The van der Waals surface area contributed by atoms with Crippen molar-refractivity contribution in [3.63, 3.8) is 0 Å². The van der Waals surface area contributed by atoms with E-state index in [1.165, 1.54) is 57.8 Å². The maximum atomic E-state index is 5.69. The zero-order chi connectivity index (χ0) is 16.7. The van der Waals surface area contributed by atoms with Gasteiger partial charge in [0.2, 0.25) is 0 Å². The highest BCUT2D eigenvalue weighted by atomic mass is 16.5. The molecule has 0 aliphatic carbocycles. The van der Waals surface area contributed by atoms with Crippen LogP contribution in [0.5, 0.6) is 0 Å². The molecule has 0 bridgehead atoms. The maximum absolute atomic E-state index is 5.69. The minimum atomic E-state index is 0.304. The molecule has 0 saturated heterocycles. The maximum Gasteiger partial charge on any atom is 0.0514 e. The number of ether oxygens (including phenoxy) is 2. The molecule has 0 rings (SSSR count). The van der Waals surface area contributed by atoms with Crippen molar-refractivity contribution in [3.05, 3.63) is 0 Å². The summed E-state index contributed by atoms with van der Waals surface area (Å²) in [5.74, 6) is 0.763. The molecular formula is C20H42O2. The van der Waals surface area contributed by atoms with Gasteiger partial charge in [0, 0.05) is 19.8 Å². The summed E-state index contributed by atoms with van der Waals surface area (Å²) in [6.07, 6.45) is 11.8. The molecule has 0 spiro atoms. The van der Waals surface area contributed by atoms with Crippen LogP contribution in [0.4, 0.5) is 0 Å². The molecule has 2 heteroatoms. The van der Waals surface area contributed by atoms with Gasteiger partial charge < -0.3 is 9.47 Å². The van der Waals surface area contributed by atoms with Crippen LogP contribution in [0, 0.1) is 11.3 Å². The van der Waals surface area contributed by atoms with Crippen molar-refractivity contribution in [1.29, 1.82) is 0 Å². The number of unbranched alkanes of at least 4 members (excludes halogenated alkanes) is 7. The molecule has 134 valence electrons. The minimum absolute atomic E-state index is 0.304. The van der Waals surface area contributed by atoms with Gasteiger partial charge >= 0.3 is 0 Å².